The molecule has 0 unspecified atom stereocenters. The smallest absolute Gasteiger partial charge is 0.136 e. The second-order valence-corrected chi connectivity index (χ2v) is 5.21. The van der Waals surface area contributed by atoms with Crippen LogP contribution >= 0.6 is 0 Å². The molecular weight excluding hydrogens is 265 g/mol. The largest absolute Gasteiger partial charge is 0.399 e. The zero-order chi connectivity index (χ0) is 15.0. The minimum Gasteiger partial charge on any atom is -0.399 e. The number of hydrogen-bond acceptors (Lipinski definition) is 3. The molecule has 1 heterocycles. The molecule has 1 aromatic heterocycles. The van der Waals surface area contributed by atoms with Gasteiger partial charge in [-0.1, -0.05) is 18.2 Å². The Hall–Kier alpha value is -2.62. The van der Waals surface area contributed by atoms with Gasteiger partial charge in [-0.3, -0.25) is 0 Å². The predicted molar refractivity (Wildman–Crippen MR) is 85.9 cm³/mol. The van der Waals surface area contributed by atoms with Gasteiger partial charge in [0.25, 0.3) is 0 Å². The van der Waals surface area contributed by atoms with Crippen molar-refractivity contribution in [3.63, 3.8) is 0 Å². The Morgan fingerprint density at radius 3 is 2.38 bits per heavy atom. The summed E-state index contributed by atoms with van der Waals surface area (Å²) in [6.07, 6.45) is 0. The second-order valence-electron chi connectivity index (χ2n) is 5.21. The average molecular weight is 281 g/mol. The van der Waals surface area contributed by atoms with Gasteiger partial charge in [0.05, 0.1) is 5.52 Å². The molecule has 0 aliphatic carbocycles. The summed E-state index contributed by atoms with van der Waals surface area (Å²) in [5.41, 5.74) is 9.27. The minimum absolute atomic E-state index is 0.244. The molecule has 21 heavy (non-hydrogen) atoms. The van der Waals surface area contributed by atoms with E-state index in [4.69, 9.17) is 5.73 Å². The van der Waals surface area contributed by atoms with Crippen molar-refractivity contribution < 1.29 is 4.39 Å². The van der Waals surface area contributed by atoms with Crippen molar-refractivity contribution in [1.29, 1.82) is 0 Å². The highest BCUT2D eigenvalue weighted by molar-refractivity contribution is 5.91. The summed E-state index contributed by atoms with van der Waals surface area (Å²) in [6.45, 7) is 0. The molecule has 0 fully saturated rings. The van der Waals surface area contributed by atoms with Gasteiger partial charge in [-0.05, 0) is 35.9 Å². The van der Waals surface area contributed by atoms with Gasteiger partial charge in [0.1, 0.15) is 11.6 Å². The Morgan fingerprint density at radius 1 is 1.00 bits per heavy atom. The lowest BCUT2D eigenvalue weighted by Crippen LogP contribution is -2.12. The molecule has 0 bridgehead atoms. The molecule has 0 aliphatic heterocycles. The molecule has 2 N–H and O–H groups in total. The fourth-order valence-corrected chi connectivity index (χ4v) is 2.36. The summed E-state index contributed by atoms with van der Waals surface area (Å²) in [5, 5.41) is 1.01. The van der Waals surface area contributed by atoms with Crippen molar-refractivity contribution in [1.82, 2.24) is 4.98 Å². The van der Waals surface area contributed by atoms with E-state index in [1.807, 2.05) is 37.2 Å². The Labute approximate surface area is 122 Å². The van der Waals surface area contributed by atoms with Crippen LogP contribution in [0.15, 0.2) is 48.5 Å². The highest BCUT2D eigenvalue weighted by Gasteiger charge is 2.11. The van der Waals surface area contributed by atoms with Gasteiger partial charge in [-0.15, -0.1) is 0 Å². The summed E-state index contributed by atoms with van der Waals surface area (Å²) in [4.78, 5) is 6.63. The zero-order valence-corrected chi connectivity index (χ0v) is 12.0. The van der Waals surface area contributed by atoms with Crippen molar-refractivity contribution >= 4 is 22.4 Å². The van der Waals surface area contributed by atoms with Gasteiger partial charge in [0.2, 0.25) is 0 Å². The molecule has 0 saturated heterocycles. The minimum atomic E-state index is -0.244. The first-order valence-corrected chi connectivity index (χ1v) is 6.68. The van der Waals surface area contributed by atoms with E-state index in [0.29, 0.717) is 5.69 Å². The molecule has 2 aromatic carbocycles. The third kappa shape index (κ3) is 2.52. The van der Waals surface area contributed by atoms with E-state index in [9.17, 15) is 4.39 Å². The van der Waals surface area contributed by atoms with Gasteiger partial charge < -0.3 is 10.6 Å². The van der Waals surface area contributed by atoms with Crippen LogP contribution in [0.1, 0.15) is 0 Å². The summed E-state index contributed by atoms with van der Waals surface area (Å²) < 4.78 is 13.1. The Bertz CT molecular complexity index is 795. The quantitative estimate of drug-likeness (QED) is 0.728. The average Bonchev–Trinajstić information content (AvgIpc) is 2.46. The number of halogens is 1. The monoisotopic (exact) mass is 281 g/mol. The van der Waals surface area contributed by atoms with E-state index in [-0.39, 0.29) is 5.82 Å². The fraction of sp³-hybridized carbons (Fsp3) is 0.118. The highest BCUT2D eigenvalue weighted by atomic mass is 19.1. The van der Waals surface area contributed by atoms with Gasteiger partial charge in [-0.2, -0.15) is 0 Å². The molecule has 4 heteroatoms. The first-order valence-electron chi connectivity index (χ1n) is 6.68. The van der Waals surface area contributed by atoms with Crippen molar-refractivity contribution in [2.45, 2.75) is 0 Å². The second kappa shape index (κ2) is 5.05. The Morgan fingerprint density at radius 2 is 1.71 bits per heavy atom. The Kier molecular flexibility index (Phi) is 3.22. The van der Waals surface area contributed by atoms with Gasteiger partial charge in [-0.25, -0.2) is 9.37 Å². The molecular formula is C17H16FN3. The van der Waals surface area contributed by atoms with Crippen LogP contribution in [0.4, 0.5) is 15.9 Å². The highest BCUT2D eigenvalue weighted by Crippen LogP contribution is 2.32. The molecule has 3 aromatic rings. The van der Waals surface area contributed by atoms with Crippen LogP contribution < -0.4 is 10.6 Å². The lowest BCUT2D eigenvalue weighted by atomic mass is 10.0. The van der Waals surface area contributed by atoms with Crippen molar-refractivity contribution in [3.05, 3.63) is 54.3 Å². The Balaban J connectivity index is 2.27. The molecule has 0 amide bonds. The predicted octanol–water partition coefficient (Wildman–Crippen LogP) is 3.69. The summed E-state index contributed by atoms with van der Waals surface area (Å²) in [6, 6.07) is 14.2. The van der Waals surface area contributed by atoms with Crippen LogP contribution in [-0.2, 0) is 0 Å². The third-order valence-electron chi connectivity index (χ3n) is 3.40. The van der Waals surface area contributed by atoms with Crippen LogP contribution in [0.3, 0.4) is 0 Å². The van der Waals surface area contributed by atoms with Crippen LogP contribution in [0, 0.1) is 5.82 Å². The van der Waals surface area contributed by atoms with Crippen LogP contribution in [0.25, 0.3) is 22.0 Å². The lowest BCUT2D eigenvalue weighted by Gasteiger charge is -2.17. The molecule has 0 saturated carbocycles. The normalized spacial score (nSPS) is 10.8. The maximum Gasteiger partial charge on any atom is 0.136 e. The van der Waals surface area contributed by atoms with E-state index in [1.165, 1.54) is 12.1 Å². The number of fused-ring (bicyclic) bond motifs is 1. The number of nitrogens with zero attached hydrogens (tertiary/aromatic N) is 2. The first-order chi connectivity index (χ1) is 10.0. The fourth-order valence-electron chi connectivity index (χ4n) is 2.36. The SMILES string of the molecule is CN(C)c1nc2cc(N)ccc2cc1-c1ccc(F)cc1. The molecule has 0 aliphatic rings. The number of nitrogens with two attached hydrogens (primary N) is 1. The van der Waals surface area contributed by atoms with Crippen LogP contribution in [0.2, 0.25) is 0 Å². The van der Waals surface area contributed by atoms with Crippen molar-refractivity contribution in [2.75, 3.05) is 24.7 Å². The van der Waals surface area contributed by atoms with E-state index in [2.05, 4.69) is 11.1 Å². The van der Waals surface area contributed by atoms with Gasteiger partial charge >= 0.3 is 0 Å². The van der Waals surface area contributed by atoms with Crippen molar-refractivity contribution in [2.24, 2.45) is 0 Å². The number of anilines is 2. The summed E-state index contributed by atoms with van der Waals surface area (Å²) >= 11 is 0. The molecule has 3 rings (SSSR count). The third-order valence-corrected chi connectivity index (χ3v) is 3.40. The van der Waals surface area contributed by atoms with E-state index < -0.39 is 0 Å². The van der Waals surface area contributed by atoms with E-state index in [0.717, 1.165) is 27.8 Å². The summed E-state index contributed by atoms with van der Waals surface area (Å²) in [5.74, 6) is 0.589. The number of nitrogen functional groups attached to an aromatic ring is 1. The number of rotatable bonds is 2. The van der Waals surface area contributed by atoms with E-state index >= 15 is 0 Å². The topological polar surface area (TPSA) is 42.2 Å². The van der Waals surface area contributed by atoms with Gasteiger partial charge in [0, 0.05) is 30.7 Å². The number of hydrogen-bond donors (Lipinski definition) is 1. The lowest BCUT2D eigenvalue weighted by molar-refractivity contribution is 0.628. The molecule has 106 valence electrons. The molecule has 0 radical (unpaired) electrons. The molecule has 0 spiro atoms. The zero-order valence-electron chi connectivity index (χ0n) is 12.0. The molecule has 0 atom stereocenters. The van der Waals surface area contributed by atoms with Crippen LogP contribution in [0.5, 0.6) is 0 Å². The maximum atomic E-state index is 13.1. The standard InChI is InChI=1S/C17H16FN3/c1-21(2)17-15(11-3-6-13(18)7-4-11)9-12-5-8-14(19)10-16(12)20-17/h3-10H,19H2,1-2H3. The number of benzene rings is 2. The first kappa shape index (κ1) is 13.4. The van der Waals surface area contributed by atoms with E-state index in [1.54, 1.807) is 12.1 Å². The van der Waals surface area contributed by atoms with Crippen molar-refractivity contribution in [3.8, 4) is 11.1 Å². The van der Waals surface area contributed by atoms with Gasteiger partial charge in [0.15, 0.2) is 0 Å². The molecule has 3 nitrogen and oxygen atoms in total. The number of aromatic nitrogens is 1. The maximum absolute atomic E-state index is 13.1. The summed E-state index contributed by atoms with van der Waals surface area (Å²) in [7, 11) is 3.88. The number of pyridine rings is 1. The van der Waals surface area contributed by atoms with Crippen LogP contribution in [-0.4, -0.2) is 19.1 Å².